The molecule has 0 saturated carbocycles. The van der Waals surface area contributed by atoms with Gasteiger partial charge in [0.1, 0.15) is 0 Å². The van der Waals surface area contributed by atoms with Crippen LogP contribution in [-0.2, 0) is 6.54 Å². The second-order valence-corrected chi connectivity index (χ2v) is 7.90. The van der Waals surface area contributed by atoms with Crippen LogP contribution in [0.25, 0.3) is 22.0 Å². The molecule has 138 valence electrons. The molecule has 3 aromatic carbocycles. The Morgan fingerprint density at radius 1 is 0.893 bits per heavy atom. The van der Waals surface area contributed by atoms with Crippen molar-refractivity contribution in [3.63, 3.8) is 0 Å². The maximum Gasteiger partial charge on any atom is 0.151 e. The Hall–Kier alpha value is -2.75. The van der Waals surface area contributed by atoms with Gasteiger partial charge in [-0.15, -0.1) is 10.2 Å². The van der Waals surface area contributed by atoms with Crippen molar-refractivity contribution in [3.8, 4) is 11.3 Å². The minimum Gasteiger partial charge on any atom is -0.301 e. The third-order valence-corrected chi connectivity index (χ3v) is 5.76. The Bertz CT molecular complexity index is 1150. The smallest absolute Gasteiger partial charge is 0.151 e. The van der Waals surface area contributed by atoms with Crippen molar-refractivity contribution in [2.24, 2.45) is 0 Å². The van der Waals surface area contributed by atoms with E-state index in [-0.39, 0.29) is 0 Å². The van der Waals surface area contributed by atoms with E-state index >= 15 is 0 Å². The minimum absolute atomic E-state index is 0.365. The van der Waals surface area contributed by atoms with Gasteiger partial charge in [0.05, 0.1) is 5.69 Å². The van der Waals surface area contributed by atoms with Gasteiger partial charge < -0.3 is 4.90 Å². The molecule has 28 heavy (non-hydrogen) atoms. The summed E-state index contributed by atoms with van der Waals surface area (Å²) in [6.07, 6.45) is 0. The van der Waals surface area contributed by atoms with Crippen molar-refractivity contribution < 1.29 is 0 Å². The van der Waals surface area contributed by atoms with Gasteiger partial charge in [-0.05, 0) is 52.7 Å². The molecule has 1 aromatic heterocycles. The highest BCUT2D eigenvalue weighted by atomic mass is 35.5. The Morgan fingerprint density at radius 2 is 1.75 bits per heavy atom. The lowest BCUT2D eigenvalue weighted by atomic mass is 9.83. The Kier molecular flexibility index (Phi) is 4.34. The SMILES string of the molecule is CN1Cc2cc(-c3ccc(Cl)nn3)ccc2C(c2ccc3ccccc3c2)C1. The highest BCUT2D eigenvalue weighted by molar-refractivity contribution is 6.29. The van der Waals surface area contributed by atoms with Gasteiger partial charge >= 0.3 is 0 Å². The molecule has 4 heteroatoms. The van der Waals surface area contributed by atoms with E-state index in [4.69, 9.17) is 11.6 Å². The van der Waals surface area contributed by atoms with Gasteiger partial charge in [0.25, 0.3) is 0 Å². The second-order valence-electron chi connectivity index (χ2n) is 7.51. The molecule has 2 heterocycles. The Balaban J connectivity index is 1.57. The lowest BCUT2D eigenvalue weighted by Crippen LogP contribution is -2.31. The van der Waals surface area contributed by atoms with Gasteiger partial charge in [0.2, 0.25) is 0 Å². The van der Waals surface area contributed by atoms with Crippen molar-refractivity contribution in [1.29, 1.82) is 0 Å². The largest absolute Gasteiger partial charge is 0.301 e. The van der Waals surface area contributed by atoms with Crippen LogP contribution < -0.4 is 0 Å². The van der Waals surface area contributed by atoms with Crippen molar-refractivity contribution in [3.05, 3.63) is 94.6 Å². The van der Waals surface area contributed by atoms with Gasteiger partial charge in [-0.25, -0.2) is 0 Å². The first-order chi connectivity index (χ1) is 13.7. The molecule has 3 nitrogen and oxygen atoms in total. The van der Waals surface area contributed by atoms with E-state index in [1.165, 1.54) is 27.5 Å². The van der Waals surface area contributed by atoms with Crippen molar-refractivity contribution in [2.45, 2.75) is 12.5 Å². The number of hydrogen-bond acceptors (Lipinski definition) is 3. The van der Waals surface area contributed by atoms with E-state index in [2.05, 4.69) is 82.8 Å². The molecule has 4 aromatic rings. The topological polar surface area (TPSA) is 29.0 Å². The summed E-state index contributed by atoms with van der Waals surface area (Å²) in [6.45, 7) is 1.96. The van der Waals surface area contributed by atoms with Crippen LogP contribution in [0.3, 0.4) is 0 Å². The summed E-state index contributed by atoms with van der Waals surface area (Å²) in [6, 6.07) is 25.7. The number of likely N-dealkylation sites (N-methyl/N-ethyl adjacent to an activating group) is 1. The number of halogens is 1. The molecule has 0 aliphatic carbocycles. The summed E-state index contributed by atoms with van der Waals surface area (Å²) >= 11 is 5.88. The molecule has 5 rings (SSSR count). The van der Waals surface area contributed by atoms with Crippen LogP contribution in [0.4, 0.5) is 0 Å². The number of nitrogens with zero attached hydrogens (tertiary/aromatic N) is 3. The van der Waals surface area contributed by atoms with Gasteiger partial charge in [0.15, 0.2) is 5.15 Å². The lowest BCUT2D eigenvalue weighted by Gasteiger charge is -2.33. The zero-order valence-electron chi connectivity index (χ0n) is 15.6. The third-order valence-electron chi connectivity index (χ3n) is 5.56. The Labute approximate surface area is 169 Å². The van der Waals surface area contributed by atoms with E-state index in [9.17, 15) is 0 Å². The molecule has 0 bridgehead atoms. The number of rotatable bonds is 2. The predicted molar refractivity (Wildman–Crippen MR) is 115 cm³/mol. The van der Waals surface area contributed by atoms with Crippen LogP contribution in [0.15, 0.2) is 72.8 Å². The molecule has 0 amide bonds. The molecule has 0 fully saturated rings. The number of benzene rings is 3. The van der Waals surface area contributed by atoms with Crippen LogP contribution in [0.2, 0.25) is 5.15 Å². The minimum atomic E-state index is 0.365. The first-order valence-corrected chi connectivity index (χ1v) is 9.85. The molecule has 1 unspecified atom stereocenters. The zero-order chi connectivity index (χ0) is 19.1. The molecule has 1 aliphatic rings. The molecule has 0 radical (unpaired) electrons. The fourth-order valence-electron chi connectivity index (χ4n) is 4.19. The van der Waals surface area contributed by atoms with Crippen molar-refractivity contribution in [1.82, 2.24) is 15.1 Å². The van der Waals surface area contributed by atoms with Gasteiger partial charge in [-0.1, -0.05) is 66.2 Å². The normalized spacial score (nSPS) is 16.9. The quantitative estimate of drug-likeness (QED) is 0.454. The van der Waals surface area contributed by atoms with Gasteiger partial charge in [-0.2, -0.15) is 0 Å². The zero-order valence-corrected chi connectivity index (χ0v) is 16.4. The van der Waals surface area contributed by atoms with E-state index in [1.807, 2.05) is 6.07 Å². The van der Waals surface area contributed by atoms with E-state index < -0.39 is 0 Å². The van der Waals surface area contributed by atoms with E-state index in [0.717, 1.165) is 24.3 Å². The maximum atomic E-state index is 5.88. The second kappa shape index (κ2) is 7.01. The predicted octanol–water partition coefficient (Wildman–Crippen LogP) is 5.53. The van der Waals surface area contributed by atoms with Crippen LogP contribution in [-0.4, -0.2) is 28.7 Å². The number of fused-ring (bicyclic) bond motifs is 2. The third kappa shape index (κ3) is 3.17. The first-order valence-electron chi connectivity index (χ1n) is 9.47. The fourth-order valence-corrected chi connectivity index (χ4v) is 4.29. The van der Waals surface area contributed by atoms with E-state index in [1.54, 1.807) is 6.07 Å². The molecule has 0 spiro atoms. The fraction of sp³-hybridized carbons (Fsp3) is 0.167. The molecular weight excluding hydrogens is 366 g/mol. The van der Waals surface area contributed by atoms with Crippen LogP contribution in [0.1, 0.15) is 22.6 Å². The molecule has 1 aliphatic heterocycles. The van der Waals surface area contributed by atoms with Gasteiger partial charge in [0, 0.05) is 24.6 Å². The average molecular weight is 386 g/mol. The van der Waals surface area contributed by atoms with Crippen molar-refractivity contribution in [2.75, 3.05) is 13.6 Å². The summed E-state index contributed by atoms with van der Waals surface area (Å²) < 4.78 is 0. The van der Waals surface area contributed by atoms with E-state index in [0.29, 0.717) is 11.1 Å². The van der Waals surface area contributed by atoms with Crippen LogP contribution >= 0.6 is 11.6 Å². The standard InChI is InChI=1S/C24H20ClN3/c1-28-14-20-13-19(23-10-11-24(25)27-26-23)8-9-21(20)22(15-28)18-7-6-16-4-2-3-5-17(16)12-18/h2-13,22H,14-15H2,1H3. The summed E-state index contributed by atoms with van der Waals surface area (Å²) in [5.74, 6) is 0.365. The number of hydrogen-bond donors (Lipinski definition) is 0. The lowest BCUT2D eigenvalue weighted by molar-refractivity contribution is 0.295. The number of aromatic nitrogens is 2. The monoisotopic (exact) mass is 385 g/mol. The highest BCUT2D eigenvalue weighted by Gasteiger charge is 2.25. The molecule has 0 saturated heterocycles. The molecular formula is C24H20ClN3. The van der Waals surface area contributed by atoms with Crippen molar-refractivity contribution >= 4 is 22.4 Å². The Morgan fingerprint density at radius 3 is 2.57 bits per heavy atom. The molecule has 0 N–H and O–H groups in total. The van der Waals surface area contributed by atoms with Crippen LogP contribution in [0, 0.1) is 0 Å². The average Bonchev–Trinajstić information content (AvgIpc) is 2.73. The maximum absolute atomic E-state index is 5.88. The molecule has 1 atom stereocenters. The summed E-state index contributed by atoms with van der Waals surface area (Å²) in [5.41, 5.74) is 6.05. The summed E-state index contributed by atoms with van der Waals surface area (Å²) in [4.78, 5) is 2.39. The van der Waals surface area contributed by atoms with Crippen LogP contribution in [0.5, 0.6) is 0 Å². The first kappa shape index (κ1) is 17.4. The summed E-state index contributed by atoms with van der Waals surface area (Å²) in [7, 11) is 2.19. The highest BCUT2D eigenvalue weighted by Crippen LogP contribution is 2.36. The van der Waals surface area contributed by atoms with Gasteiger partial charge in [-0.3, -0.25) is 0 Å². The summed E-state index contributed by atoms with van der Waals surface area (Å²) in [5, 5.41) is 11.2.